The molecule has 0 saturated heterocycles. The zero-order valence-corrected chi connectivity index (χ0v) is 18.1. The fourth-order valence-corrected chi connectivity index (χ4v) is 4.54. The Morgan fingerprint density at radius 2 is 1.67 bits per heavy atom. The number of hydrogen-bond acceptors (Lipinski definition) is 3. The van der Waals surface area contributed by atoms with Gasteiger partial charge in [-0.25, -0.2) is 8.42 Å². The van der Waals surface area contributed by atoms with Gasteiger partial charge in [0.15, 0.2) is 0 Å². The topological polar surface area (TPSA) is 66.5 Å². The molecule has 1 N–H and O–H groups in total. The molecule has 0 heterocycles. The van der Waals surface area contributed by atoms with Crippen molar-refractivity contribution >= 4 is 50.5 Å². The third-order valence-electron chi connectivity index (χ3n) is 4.21. The van der Waals surface area contributed by atoms with Crippen molar-refractivity contribution < 1.29 is 13.2 Å². The fourth-order valence-electron chi connectivity index (χ4n) is 2.75. The summed E-state index contributed by atoms with van der Waals surface area (Å²) >= 11 is 12.0. The van der Waals surface area contributed by atoms with Gasteiger partial charge in [-0.2, -0.15) is 0 Å². The normalized spacial score (nSPS) is 11.0. The summed E-state index contributed by atoms with van der Waals surface area (Å²) in [7, 11) is -3.96. The third-order valence-corrected chi connectivity index (χ3v) is 6.58. The van der Waals surface area contributed by atoms with Crippen LogP contribution in [0.4, 0.5) is 11.4 Å². The number of carbonyl (C=O) groups excluding carboxylic acids is 1. The highest BCUT2D eigenvalue weighted by atomic mass is 35.5. The minimum absolute atomic E-state index is 0.0410. The van der Waals surface area contributed by atoms with E-state index in [0.29, 0.717) is 16.4 Å². The maximum absolute atomic E-state index is 13.3. The predicted molar refractivity (Wildman–Crippen MR) is 122 cm³/mol. The van der Waals surface area contributed by atoms with Crippen LogP contribution in [0.15, 0.2) is 90.3 Å². The van der Waals surface area contributed by atoms with Crippen molar-refractivity contribution in [2.45, 2.75) is 4.90 Å². The highest BCUT2D eigenvalue weighted by Gasteiger charge is 2.26. The summed E-state index contributed by atoms with van der Waals surface area (Å²) in [4.78, 5) is 12.7. The second kappa shape index (κ2) is 9.34. The monoisotopic (exact) mass is 460 g/mol. The molecule has 0 spiro atoms. The summed E-state index contributed by atoms with van der Waals surface area (Å²) < 4.78 is 27.8. The molecule has 0 radical (unpaired) electrons. The van der Waals surface area contributed by atoms with Crippen LogP contribution in [0.1, 0.15) is 10.4 Å². The lowest BCUT2D eigenvalue weighted by molar-refractivity contribution is 0.102. The first-order chi connectivity index (χ1) is 14.3. The Hall–Kier alpha value is -2.80. The number of para-hydroxylation sites is 1. The van der Waals surface area contributed by atoms with Gasteiger partial charge in [0.05, 0.1) is 27.7 Å². The first kappa shape index (κ1) is 21.9. The van der Waals surface area contributed by atoms with Crippen LogP contribution >= 0.6 is 23.2 Å². The molecule has 1 amide bonds. The molecule has 30 heavy (non-hydrogen) atoms. The van der Waals surface area contributed by atoms with Crippen molar-refractivity contribution in [1.29, 1.82) is 0 Å². The van der Waals surface area contributed by atoms with Crippen LogP contribution in [0.5, 0.6) is 0 Å². The van der Waals surface area contributed by atoms with E-state index in [0.717, 1.165) is 0 Å². The first-order valence-electron chi connectivity index (χ1n) is 8.88. The largest absolute Gasteiger partial charge is 0.322 e. The van der Waals surface area contributed by atoms with E-state index in [1.54, 1.807) is 54.6 Å². The lowest BCUT2D eigenvalue weighted by Crippen LogP contribution is -2.31. The van der Waals surface area contributed by atoms with Crippen molar-refractivity contribution in [2.24, 2.45) is 0 Å². The van der Waals surface area contributed by atoms with Gasteiger partial charge in [-0.05, 0) is 54.6 Å². The number of benzene rings is 3. The standard InChI is InChI=1S/C22H18Cl2N2O3S/c1-2-14-26(18-6-4-3-5-7-18)30(28,29)19-12-13-21(24)20(15-19)22(27)25-17-10-8-16(23)9-11-17/h2-13,15H,1,14H2,(H,25,27). The van der Waals surface area contributed by atoms with Gasteiger partial charge < -0.3 is 5.32 Å². The Bertz CT molecular complexity index is 1160. The number of amides is 1. The Kier molecular flexibility index (Phi) is 6.82. The van der Waals surface area contributed by atoms with Crippen molar-refractivity contribution in [3.05, 3.63) is 101 Å². The predicted octanol–water partition coefficient (Wildman–Crippen LogP) is 5.63. The molecule has 0 bridgehead atoms. The lowest BCUT2D eigenvalue weighted by Gasteiger charge is -2.23. The molecule has 0 aliphatic carbocycles. The average molecular weight is 461 g/mol. The van der Waals surface area contributed by atoms with Crippen LogP contribution in [-0.2, 0) is 10.0 Å². The second-order valence-corrected chi connectivity index (χ2v) is 8.97. The molecule has 0 fully saturated rings. The van der Waals surface area contributed by atoms with E-state index < -0.39 is 15.9 Å². The summed E-state index contributed by atoms with van der Waals surface area (Å²) in [6.45, 7) is 3.72. The molecular formula is C22H18Cl2N2O3S. The van der Waals surface area contributed by atoms with E-state index in [9.17, 15) is 13.2 Å². The minimum atomic E-state index is -3.96. The number of sulfonamides is 1. The number of rotatable bonds is 7. The van der Waals surface area contributed by atoms with Crippen molar-refractivity contribution in [3.8, 4) is 0 Å². The van der Waals surface area contributed by atoms with Crippen LogP contribution in [0.3, 0.4) is 0 Å². The van der Waals surface area contributed by atoms with Gasteiger partial charge in [-0.1, -0.05) is 47.5 Å². The summed E-state index contributed by atoms with van der Waals surface area (Å²) in [5.41, 5.74) is 1.03. The van der Waals surface area contributed by atoms with Crippen LogP contribution < -0.4 is 9.62 Å². The van der Waals surface area contributed by atoms with E-state index in [1.165, 1.54) is 28.6 Å². The molecule has 0 saturated carbocycles. The maximum atomic E-state index is 13.3. The quantitative estimate of drug-likeness (QED) is 0.464. The molecule has 3 rings (SSSR count). The van der Waals surface area contributed by atoms with Gasteiger partial charge in [-0.3, -0.25) is 9.10 Å². The van der Waals surface area contributed by atoms with Crippen molar-refractivity contribution in [1.82, 2.24) is 0 Å². The van der Waals surface area contributed by atoms with Crippen LogP contribution in [0.2, 0.25) is 10.0 Å². The Morgan fingerprint density at radius 3 is 2.30 bits per heavy atom. The zero-order chi connectivity index (χ0) is 21.7. The molecule has 0 aliphatic rings. The third kappa shape index (κ3) is 4.84. The summed E-state index contributed by atoms with van der Waals surface area (Å²) in [5, 5.41) is 3.35. The maximum Gasteiger partial charge on any atom is 0.264 e. The number of nitrogens with one attached hydrogen (secondary N) is 1. The van der Waals surface area contributed by atoms with Gasteiger partial charge in [0.1, 0.15) is 0 Å². The molecular weight excluding hydrogens is 443 g/mol. The van der Waals surface area contributed by atoms with Gasteiger partial charge in [-0.15, -0.1) is 6.58 Å². The van der Waals surface area contributed by atoms with Gasteiger partial charge in [0.25, 0.3) is 15.9 Å². The molecule has 8 heteroatoms. The van der Waals surface area contributed by atoms with Crippen molar-refractivity contribution in [3.63, 3.8) is 0 Å². The molecule has 154 valence electrons. The van der Waals surface area contributed by atoms with E-state index in [1.807, 2.05) is 0 Å². The van der Waals surface area contributed by atoms with Gasteiger partial charge >= 0.3 is 0 Å². The van der Waals surface area contributed by atoms with Crippen LogP contribution in [0.25, 0.3) is 0 Å². The molecule has 5 nitrogen and oxygen atoms in total. The lowest BCUT2D eigenvalue weighted by atomic mass is 10.2. The number of carbonyl (C=O) groups is 1. The molecule has 0 aromatic heterocycles. The first-order valence-corrected chi connectivity index (χ1v) is 11.1. The number of anilines is 2. The van der Waals surface area contributed by atoms with E-state index in [4.69, 9.17) is 23.2 Å². The fraction of sp³-hybridized carbons (Fsp3) is 0.0455. The molecule has 3 aromatic rings. The summed E-state index contributed by atoms with van der Waals surface area (Å²) in [6, 6.07) is 19.2. The Balaban J connectivity index is 1.97. The van der Waals surface area contributed by atoms with Crippen LogP contribution in [0, 0.1) is 0 Å². The summed E-state index contributed by atoms with van der Waals surface area (Å²) in [5.74, 6) is -0.533. The second-order valence-electron chi connectivity index (χ2n) is 6.26. The van der Waals surface area contributed by atoms with Crippen LogP contribution in [-0.4, -0.2) is 20.9 Å². The molecule has 0 unspecified atom stereocenters. The highest BCUT2D eigenvalue weighted by Crippen LogP contribution is 2.27. The number of halogens is 2. The minimum Gasteiger partial charge on any atom is -0.322 e. The SMILES string of the molecule is C=CCN(c1ccccc1)S(=O)(=O)c1ccc(Cl)c(C(=O)Nc2ccc(Cl)cc2)c1. The van der Waals surface area contributed by atoms with Gasteiger partial charge in [0, 0.05) is 10.7 Å². The smallest absolute Gasteiger partial charge is 0.264 e. The van der Waals surface area contributed by atoms with E-state index >= 15 is 0 Å². The number of nitrogens with zero attached hydrogens (tertiary/aromatic N) is 1. The molecule has 3 aromatic carbocycles. The van der Waals surface area contributed by atoms with E-state index in [-0.39, 0.29) is 22.0 Å². The molecule has 0 atom stereocenters. The zero-order valence-electron chi connectivity index (χ0n) is 15.8. The Morgan fingerprint density at radius 1 is 1.00 bits per heavy atom. The average Bonchev–Trinajstić information content (AvgIpc) is 2.74. The van der Waals surface area contributed by atoms with E-state index in [2.05, 4.69) is 11.9 Å². The van der Waals surface area contributed by atoms with Crippen molar-refractivity contribution in [2.75, 3.05) is 16.2 Å². The Labute approximate surface area is 185 Å². The molecule has 0 aliphatic heterocycles. The van der Waals surface area contributed by atoms with Gasteiger partial charge in [0.2, 0.25) is 0 Å². The summed E-state index contributed by atoms with van der Waals surface area (Å²) in [6.07, 6.45) is 1.49. The number of hydrogen-bond donors (Lipinski definition) is 1. The highest BCUT2D eigenvalue weighted by molar-refractivity contribution is 7.92.